The summed E-state index contributed by atoms with van der Waals surface area (Å²) in [4.78, 5) is 97.5. The van der Waals surface area contributed by atoms with Gasteiger partial charge in [0.25, 0.3) is 23.6 Å². The second kappa shape index (κ2) is 22.4. The number of hydrogen-bond acceptors (Lipinski definition) is 8. The van der Waals surface area contributed by atoms with E-state index in [4.69, 9.17) is 0 Å². The molecule has 0 spiro atoms. The van der Waals surface area contributed by atoms with E-state index in [1.54, 1.807) is 60.7 Å². The van der Waals surface area contributed by atoms with E-state index >= 15 is 0 Å². The summed E-state index contributed by atoms with van der Waals surface area (Å²) in [7, 11) is 0. The lowest BCUT2D eigenvalue weighted by molar-refractivity contribution is -0.140. The highest BCUT2D eigenvalue weighted by atomic mass is 16.4. The van der Waals surface area contributed by atoms with Crippen LogP contribution in [-0.2, 0) is 19.2 Å². The standard InChI is InChI=1S/C38H44N6O10/c45-31(39-20-9-7-18-29(37(51)52)43-35(49)25-12-3-1-4-13-25)23-41-33(47)27-16-11-17-28(22-27)34(48)42-24-32(46)40-21-10-8-19-30(38(53)54)44-36(50)26-14-5-2-6-15-26/h1-6,11-17,22,29-30H,7-10,18-21,23-24H2,(H,39,45)(H,40,46)(H,41,47)(H,42,48)(H,43,49)(H,44,50)(H,51,52)(H,53,54)/t29-,30-/m0/s1. The molecule has 0 fully saturated rings. The fourth-order valence-electron chi connectivity index (χ4n) is 5.03. The highest BCUT2D eigenvalue weighted by Crippen LogP contribution is 2.08. The van der Waals surface area contributed by atoms with Gasteiger partial charge in [0.15, 0.2) is 0 Å². The van der Waals surface area contributed by atoms with Gasteiger partial charge >= 0.3 is 11.9 Å². The summed E-state index contributed by atoms with van der Waals surface area (Å²) in [6.45, 7) is -0.257. The minimum absolute atomic E-state index is 0.108. The van der Waals surface area contributed by atoms with Gasteiger partial charge in [0.2, 0.25) is 11.8 Å². The molecule has 0 unspecified atom stereocenters. The van der Waals surface area contributed by atoms with Gasteiger partial charge in [0, 0.05) is 35.3 Å². The van der Waals surface area contributed by atoms with Crippen molar-refractivity contribution in [3.05, 3.63) is 107 Å². The van der Waals surface area contributed by atoms with Gasteiger partial charge in [-0.3, -0.25) is 28.8 Å². The molecule has 0 bridgehead atoms. The number of hydrogen-bond donors (Lipinski definition) is 8. The lowest BCUT2D eigenvalue weighted by atomic mass is 10.1. The molecule has 286 valence electrons. The van der Waals surface area contributed by atoms with Gasteiger partial charge in [0.1, 0.15) is 12.1 Å². The molecule has 16 heteroatoms. The third-order valence-electron chi connectivity index (χ3n) is 7.97. The maximum atomic E-state index is 12.6. The van der Waals surface area contributed by atoms with Gasteiger partial charge in [0.05, 0.1) is 13.1 Å². The molecule has 0 heterocycles. The van der Waals surface area contributed by atoms with Crippen LogP contribution in [0.15, 0.2) is 84.9 Å². The smallest absolute Gasteiger partial charge is 0.326 e. The Balaban J connectivity index is 1.29. The summed E-state index contributed by atoms with van der Waals surface area (Å²) < 4.78 is 0. The number of amides is 6. The van der Waals surface area contributed by atoms with Crippen LogP contribution in [0, 0.1) is 0 Å². The van der Waals surface area contributed by atoms with Crippen molar-refractivity contribution in [1.82, 2.24) is 31.9 Å². The second-order valence-corrected chi connectivity index (χ2v) is 12.1. The molecule has 54 heavy (non-hydrogen) atoms. The van der Waals surface area contributed by atoms with Crippen molar-refractivity contribution < 1.29 is 48.6 Å². The van der Waals surface area contributed by atoms with Crippen LogP contribution in [0.1, 0.15) is 80.0 Å². The van der Waals surface area contributed by atoms with Crippen molar-refractivity contribution in [2.24, 2.45) is 0 Å². The number of aliphatic carboxylic acids is 2. The molecule has 8 N–H and O–H groups in total. The quantitative estimate of drug-likeness (QED) is 0.0689. The van der Waals surface area contributed by atoms with Gasteiger partial charge in [-0.25, -0.2) is 9.59 Å². The number of rotatable bonds is 22. The van der Waals surface area contributed by atoms with E-state index in [1.165, 1.54) is 24.3 Å². The van der Waals surface area contributed by atoms with Crippen LogP contribution in [0.5, 0.6) is 0 Å². The summed E-state index contributed by atoms with van der Waals surface area (Å²) in [6, 6.07) is 20.0. The lowest BCUT2D eigenvalue weighted by Crippen LogP contribution is -2.41. The van der Waals surface area contributed by atoms with Crippen molar-refractivity contribution in [2.75, 3.05) is 26.2 Å². The summed E-state index contributed by atoms with van der Waals surface area (Å²) in [6.07, 6.45) is 1.99. The van der Waals surface area contributed by atoms with Crippen molar-refractivity contribution in [3.63, 3.8) is 0 Å². The number of carbonyl (C=O) groups is 8. The SMILES string of the molecule is O=C(CNC(=O)c1cccc(C(=O)NCC(=O)NCCCC[C@H](NC(=O)c2ccccc2)C(=O)O)c1)NCCCC[C@H](NC(=O)c1ccccc1)C(=O)O. The maximum absolute atomic E-state index is 12.6. The zero-order valence-electron chi connectivity index (χ0n) is 29.5. The fraction of sp³-hybridized carbons (Fsp3) is 0.316. The van der Waals surface area contributed by atoms with E-state index < -0.39 is 59.5 Å². The Labute approximate surface area is 311 Å². The summed E-state index contributed by atoms with van der Waals surface area (Å²) >= 11 is 0. The number of benzene rings is 3. The van der Waals surface area contributed by atoms with Crippen molar-refractivity contribution >= 4 is 47.4 Å². The third kappa shape index (κ3) is 15.0. The molecule has 0 saturated carbocycles. The average molecular weight is 745 g/mol. The van der Waals surface area contributed by atoms with E-state index in [-0.39, 0.29) is 50.1 Å². The van der Waals surface area contributed by atoms with Gasteiger partial charge in [-0.15, -0.1) is 0 Å². The van der Waals surface area contributed by atoms with Gasteiger partial charge in [-0.1, -0.05) is 42.5 Å². The van der Waals surface area contributed by atoms with Gasteiger partial charge in [-0.05, 0) is 81.0 Å². The van der Waals surface area contributed by atoms with Crippen molar-refractivity contribution in [2.45, 2.75) is 50.6 Å². The normalized spacial score (nSPS) is 11.6. The Bertz CT molecular complexity index is 1650. The molecule has 3 aromatic rings. The van der Waals surface area contributed by atoms with Crippen LogP contribution in [0.2, 0.25) is 0 Å². The highest BCUT2D eigenvalue weighted by Gasteiger charge is 2.21. The summed E-state index contributed by atoms with van der Waals surface area (Å²) in [5, 5.41) is 34.1. The van der Waals surface area contributed by atoms with E-state index in [1.807, 2.05) is 0 Å². The summed E-state index contributed by atoms with van der Waals surface area (Å²) in [5.41, 5.74) is 0.908. The van der Waals surface area contributed by atoms with Crippen LogP contribution in [-0.4, -0.2) is 95.9 Å². The minimum atomic E-state index is -1.17. The number of unbranched alkanes of at least 4 members (excludes halogenated alkanes) is 2. The molecule has 0 aliphatic carbocycles. The van der Waals surface area contributed by atoms with E-state index in [0.717, 1.165) is 0 Å². The van der Waals surface area contributed by atoms with Gasteiger partial charge < -0.3 is 42.1 Å². The highest BCUT2D eigenvalue weighted by molar-refractivity contribution is 6.01. The monoisotopic (exact) mass is 744 g/mol. The second-order valence-electron chi connectivity index (χ2n) is 12.1. The van der Waals surface area contributed by atoms with Crippen molar-refractivity contribution in [3.8, 4) is 0 Å². The molecule has 2 atom stereocenters. The minimum Gasteiger partial charge on any atom is -0.480 e. The first-order valence-corrected chi connectivity index (χ1v) is 17.3. The van der Waals surface area contributed by atoms with Crippen LogP contribution >= 0.6 is 0 Å². The Morgan fingerprint density at radius 3 is 1.19 bits per heavy atom. The molecular weight excluding hydrogens is 700 g/mol. The molecule has 3 rings (SSSR count). The Morgan fingerprint density at radius 2 is 0.815 bits per heavy atom. The zero-order valence-corrected chi connectivity index (χ0v) is 29.5. The van der Waals surface area contributed by atoms with E-state index in [9.17, 15) is 48.6 Å². The molecule has 0 aromatic heterocycles. The van der Waals surface area contributed by atoms with Crippen molar-refractivity contribution in [1.29, 1.82) is 0 Å². The topological polar surface area (TPSA) is 249 Å². The third-order valence-corrected chi connectivity index (χ3v) is 7.97. The first-order valence-electron chi connectivity index (χ1n) is 17.3. The Hall–Kier alpha value is -6.58. The predicted octanol–water partition coefficient (Wildman–Crippen LogP) is 1.49. The molecule has 16 nitrogen and oxygen atoms in total. The molecule has 0 saturated heterocycles. The fourth-order valence-corrected chi connectivity index (χ4v) is 5.03. The predicted molar refractivity (Wildman–Crippen MR) is 195 cm³/mol. The largest absolute Gasteiger partial charge is 0.480 e. The number of carbonyl (C=O) groups excluding carboxylic acids is 6. The number of nitrogens with one attached hydrogen (secondary N) is 6. The van der Waals surface area contributed by atoms with Crippen LogP contribution in [0.4, 0.5) is 0 Å². The number of carboxylic acids is 2. The Morgan fingerprint density at radius 1 is 0.444 bits per heavy atom. The van der Waals surface area contributed by atoms with Gasteiger partial charge in [-0.2, -0.15) is 0 Å². The molecular formula is C38H44N6O10. The first-order chi connectivity index (χ1) is 25.9. The van der Waals surface area contributed by atoms with E-state index in [0.29, 0.717) is 36.8 Å². The Kier molecular flexibility index (Phi) is 17.3. The van der Waals surface area contributed by atoms with Crippen LogP contribution < -0.4 is 31.9 Å². The maximum Gasteiger partial charge on any atom is 0.326 e. The summed E-state index contributed by atoms with van der Waals surface area (Å²) in [5.74, 6) is -5.50. The van der Waals surface area contributed by atoms with Crippen LogP contribution in [0.25, 0.3) is 0 Å². The molecule has 0 aliphatic rings. The molecule has 3 aromatic carbocycles. The molecule has 0 aliphatic heterocycles. The number of carboxylic acid groups (broad SMARTS) is 2. The molecule has 0 radical (unpaired) electrons. The first kappa shape index (κ1) is 41.8. The van der Waals surface area contributed by atoms with E-state index in [2.05, 4.69) is 31.9 Å². The lowest BCUT2D eigenvalue weighted by Gasteiger charge is -2.14. The van der Waals surface area contributed by atoms with Crippen LogP contribution in [0.3, 0.4) is 0 Å². The molecule has 6 amide bonds. The zero-order chi connectivity index (χ0) is 39.3. The average Bonchev–Trinajstić information content (AvgIpc) is 3.18.